The summed E-state index contributed by atoms with van der Waals surface area (Å²) in [6.07, 6.45) is 0.417. The smallest absolute Gasteiger partial charge is 0.224 e. The third kappa shape index (κ3) is 8.73. The molecule has 0 unspecified atom stereocenters. The summed E-state index contributed by atoms with van der Waals surface area (Å²) in [6, 6.07) is 5.39. The topological polar surface area (TPSA) is 63.2 Å². The molecule has 0 atom stereocenters. The zero-order chi connectivity index (χ0) is 22.6. The van der Waals surface area contributed by atoms with Gasteiger partial charge in [0.2, 0.25) is 5.91 Å². The molecule has 1 aliphatic rings. The van der Waals surface area contributed by atoms with Crippen molar-refractivity contribution in [1.82, 2.24) is 20.4 Å². The highest BCUT2D eigenvalue weighted by atomic mass is 127. The van der Waals surface area contributed by atoms with Crippen LogP contribution in [-0.2, 0) is 11.3 Å². The van der Waals surface area contributed by atoms with Gasteiger partial charge in [0.05, 0.1) is 12.2 Å². The van der Waals surface area contributed by atoms with Crippen molar-refractivity contribution in [3.8, 4) is 0 Å². The minimum atomic E-state index is -0.194. The number of piperazine rings is 1. The number of aliphatic imine (C=N–C) groups is 1. The summed E-state index contributed by atoms with van der Waals surface area (Å²) < 4.78 is 14.7. The Balaban J connectivity index is 0.00000512. The Morgan fingerprint density at radius 3 is 2.34 bits per heavy atom. The van der Waals surface area contributed by atoms with E-state index in [-0.39, 0.29) is 35.7 Å². The second-order valence-corrected chi connectivity index (χ2v) is 7.65. The summed E-state index contributed by atoms with van der Waals surface area (Å²) in [7, 11) is 0. The van der Waals surface area contributed by atoms with Gasteiger partial charge in [-0.2, -0.15) is 0 Å². The summed E-state index contributed by atoms with van der Waals surface area (Å²) >= 11 is 0. The number of carbonyl (C=O) groups excluding carboxylic acids is 1. The molecule has 1 heterocycles. The Morgan fingerprint density at radius 2 is 1.78 bits per heavy atom. The van der Waals surface area contributed by atoms with Gasteiger partial charge in [0.25, 0.3) is 0 Å². The van der Waals surface area contributed by atoms with Gasteiger partial charge in [-0.1, -0.05) is 13.0 Å². The molecule has 0 saturated carbocycles. The molecule has 0 aliphatic carbocycles. The van der Waals surface area contributed by atoms with E-state index in [9.17, 15) is 9.18 Å². The molecule has 1 aromatic rings. The maximum atomic E-state index is 14.7. The first-order chi connectivity index (χ1) is 15.0. The zero-order valence-electron chi connectivity index (χ0n) is 20.0. The van der Waals surface area contributed by atoms with Crippen LogP contribution in [0.2, 0.25) is 0 Å². The number of nitrogens with zero attached hydrogens (tertiary/aromatic N) is 4. The number of rotatable bonds is 10. The van der Waals surface area contributed by atoms with Crippen LogP contribution in [0.4, 0.5) is 10.1 Å². The number of hydrogen-bond donors (Lipinski definition) is 2. The minimum absolute atomic E-state index is 0. The molecule has 32 heavy (non-hydrogen) atoms. The number of amides is 1. The molecule has 0 radical (unpaired) electrons. The van der Waals surface area contributed by atoms with E-state index >= 15 is 0 Å². The lowest BCUT2D eigenvalue weighted by atomic mass is 10.1. The number of benzene rings is 1. The monoisotopic (exact) mass is 562 g/mol. The first-order valence-corrected chi connectivity index (χ1v) is 11.6. The lowest BCUT2D eigenvalue weighted by Gasteiger charge is -2.35. The fraction of sp³-hybridized carbons (Fsp3) is 0.652. The van der Waals surface area contributed by atoms with Crippen molar-refractivity contribution in [2.45, 2.75) is 40.7 Å². The van der Waals surface area contributed by atoms with Gasteiger partial charge in [0.15, 0.2) is 5.96 Å². The first-order valence-electron chi connectivity index (χ1n) is 11.6. The summed E-state index contributed by atoms with van der Waals surface area (Å²) in [4.78, 5) is 23.0. The molecule has 1 amide bonds. The molecule has 2 rings (SSSR count). The molecule has 182 valence electrons. The Bertz CT molecular complexity index is 720. The van der Waals surface area contributed by atoms with Gasteiger partial charge >= 0.3 is 0 Å². The molecule has 0 spiro atoms. The van der Waals surface area contributed by atoms with E-state index in [1.54, 1.807) is 6.07 Å². The summed E-state index contributed by atoms with van der Waals surface area (Å²) in [5.74, 6) is 0.571. The Kier molecular flexibility index (Phi) is 13.5. The maximum absolute atomic E-state index is 14.7. The minimum Gasteiger partial charge on any atom is -0.367 e. The second kappa shape index (κ2) is 15.3. The Labute approximate surface area is 209 Å². The van der Waals surface area contributed by atoms with Crippen LogP contribution in [0, 0.1) is 5.82 Å². The molecule has 2 N–H and O–H groups in total. The molecular weight excluding hydrogens is 522 g/mol. The number of anilines is 1. The highest BCUT2D eigenvalue weighted by molar-refractivity contribution is 14.0. The predicted octanol–water partition coefficient (Wildman–Crippen LogP) is 2.90. The van der Waals surface area contributed by atoms with Crippen LogP contribution >= 0.6 is 24.0 Å². The fourth-order valence-corrected chi connectivity index (χ4v) is 3.74. The van der Waals surface area contributed by atoms with Crippen molar-refractivity contribution >= 4 is 41.5 Å². The third-order valence-corrected chi connectivity index (χ3v) is 5.68. The van der Waals surface area contributed by atoms with Crippen LogP contribution in [0.5, 0.6) is 0 Å². The molecule has 0 bridgehead atoms. The Morgan fingerprint density at radius 1 is 1.09 bits per heavy atom. The van der Waals surface area contributed by atoms with E-state index < -0.39 is 0 Å². The summed E-state index contributed by atoms with van der Waals surface area (Å²) in [5, 5.41) is 6.38. The van der Waals surface area contributed by atoms with Crippen molar-refractivity contribution in [1.29, 1.82) is 0 Å². The summed E-state index contributed by atoms with van der Waals surface area (Å²) in [6.45, 7) is 15.8. The number of hydrogen-bond acceptors (Lipinski definition) is 4. The average molecular weight is 563 g/mol. The number of likely N-dealkylation sites (N-methyl/N-ethyl adjacent to an activating group) is 1. The standard InChI is InChI=1S/C23H39FN6O.HI/c1-5-25-23(26-12-11-22(31)29(7-3)8-4)27-18-19-9-10-21(20(24)17-19)30-15-13-28(6-2)14-16-30;/h9-10,17H,5-8,11-16,18H2,1-4H3,(H2,25,26,27);1H. The first kappa shape index (κ1) is 28.4. The predicted molar refractivity (Wildman–Crippen MR) is 142 cm³/mol. The van der Waals surface area contributed by atoms with Crippen molar-refractivity contribution in [3.05, 3.63) is 29.6 Å². The maximum Gasteiger partial charge on any atom is 0.224 e. The van der Waals surface area contributed by atoms with Gasteiger partial charge in [0, 0.05) is 58.8 Å². The molecule has 1 aliphatic heterocycles. The van der Waals surface area contributed by atoms with Crippen LogP contribution in [-0.4, -0.2) is 80.6 Å². The van der Waals surface area contributed by atoms with Crippen molar-refractivity contribution < 1.29 is 9.18 Å². The molecule has 0 aromatic heterocycles. The quantitative estimate of drug-likeness (QED) is 0.261. The molecular formula is C23H40FIN6O. The van der Waals surface area contributed by atoms with Crippen molar-refractivity contribution in [2.24, 2.45) is 4.99 Å². The molecule has 9 heteroatoms. The SMILES string of the molecule is CCNC(=NCc1ccc(N2CCN(CC)CC2)c(F)c1)NCCC(=O)N(CC)CC.I. The van der Waals surface area contributed by atoms with Gasteiger partial charge in [0.1, 0.15) is 5.82 Å². The van der Waals surface area contributed by atoms with Crippen molar-refractivity contribution in [3.63, 3.8) is 0 Å². The second-order valence-electron chi connectivity index (χ2n) is 7.65. The number of halogens is 2. The van der Waals surface area contributed by atoms with Gasteiger partial charge in [-0.3, -0.25) is 4.79 Å². The van der Waals surface area contributed by atoms with Gasteiger partial charge in [-0.05, 0) is 45.0 Å². The van der Waals surface area contributed by atoms with E-state index in [0.29, 0.717) is 37.7 Å². The number of carbonyl (C=O) groups is 1. The third-order valence-electron chi connectivity index (χ3n) is 5.68. The van der Waals surface area contributed by atoms with Crippen molar-refractivity contribution in [2.75, 3.05) is 63.8 Å². The normalized spacial score (nSPS) is 14.7. The largest absolute Gasteiger partial charge is 0.367 e. The van der Waals surface area contributed by atoms with Gasteiger partial charge in [-0.25, -0.2) is 9.38 Å². The number of nitrogens with one attached hydrogen (secondary N) is 2. The highest BCUT2D eigenvalue weighted by Gasteiger charge is 2.18. The van der Waals surface area contributed by atoms with Crippen LogP contribution in [0.15, 0.2) is 23.2 Å². The Hall–Kier alpha value is -1.62. The molecule has 1 fully saturated rings. The van der Waals surface area contributed by atoms with Crippen LogP contribution in [0.3, 0.4) is 0 Å². The lowest BCUT2D eigenvalue weighted by molar-refractivity contribution is -0.130. The molecule has 7 nitrogen and oxygen atoms in total. The molecule has 1 saturated heterocycles. The van der Waals surface area contributed by atoms with Crippen LogP contribution in [0.1, 0.15) is 39.7 Å². The summed E-state index contributed by atoms with van der Waals surface area (Å²) in [5.41, 5.74) is 1.49. The van der Waals surface area contributed by atoms with Gasteiger partial charge in [-0.15, -0.1) is 24.0 Å². The van der Waals surface area contributed by atoms with Gasteiger partial charge < -0.3 is 25.3 Å². The fourth-order valence-electron chi connectivity index (χ4n) is 3.74. The van der Waals surface area contributed by atoms with E-state index in [1.807, 2.05) is 37.8 Å². The lowest BCUT2D eigenvalue weighted by Crippen LogP contribution is -2.46. The van der Waals surface area contributed by atoms with Crippen LogP contribution in [0.25, 0.3) is 0 Å². The zero-order valence-corrected chi connectivity index (χ0v) is 22.3. The average Bonchev–Trinajstić information content (AvgIpc) is 2.78. The van der Waals surface area contributed by atoms with E-state index in [4.69, 9.17) is 0 Å². The van der Waals surface area contributed by atoms with E-state index in [2.05, 4.69) is 32.3 Å². The molecule has 1 aromatic carbocycles. The van der Waals surface area contributed by atoms with E-state index in [1.165, 1.54) is 0 Å². The number of guanidine groups is 1. The van der Waals surface area contributed by atoms with Crippen LogP contribution < -0.4 is 15.5 Å². The highest BCUT2D eigenvalue weighted by Crippen LogP contribution is 2.22. The van der Waals surface area contributed by atoms with E-state index in [0.717, 1.165) is 51.4 Å².